The summed E-state index contributed by atoms with van der Waals surface area (Å²) in [5, 5.41) is 2.60. The highest BCUT2D eigenvalue weighted by Crippen LogP contribution is 2.22. The van der Waals surface area contributed by atoms with Crippen molar-refractivity contribution in [3.63, 3.8) is 0 Å². The quantitative estimate of drug-likeness (QED) is 0.339. The van der Waals surface area contributed by atoms with Crippen LogP contribution in [0.2, 0.25) is 5.15 Å². The maximum absolute atomic E-state index is 12.2. The standard InChI is InChI=1S/C23H28ClN5O5/c1-15(30)26-22-27-19(24)18-20(28-22)25-13-29(18)14-34-17(12-33-21(31)23(2,3)4)11-32-10-16-8-6-5-7-9-16/h5-9,13,17H,10-12,14H2,1-4H3,(H,26,27,28,30). The number of fused-ring (bicyclic) bond motifs is 1. The summed E-state index contributed by atoms with van der Waals surface area (Å²) in [4.78, 5) is 36.0. The molecule has 0 aliphatic carbocycles. The van der Waals surface area contributed by atoms with Gasteiger partial charge < -0.3 is 18.8 Å². The second-order valence-corrected chi connectivity index (χ2v) is 9.03. The van der Waals surface area contributed by atoms with Gasteiger partial charge in [-0.25, -0.2) is 4.98 Å². The number of rotatable bonds is 10. The van der Waals surface area contributed by atoms with Crippen LogP contribution in [0.15, 0.2) is 36.7 Å². The summed E-state index contributed by atoms with van der Waals surface area (Å²) < 4.78 is 18.9. The molecule has 10 nitrogen and oxygen atoms in total. The number of esters is 1. The molecule has 11 heteroatoms. The Kier molecular flexibility index (Phi) is 8.54. The van der Waals surface area contributed by atoms with Gasteiger partial charge in [-0.2, -0.15) is 9.97 Å². The highest BCUT2D eigenvalue weighted by Gasteiger charge is 2.25. The summed E-state index contributed by atoms with van der Waals surface area (Å²) in [7, 11) is 0. The number of hydrogen-bond donors (Lipinski definition) is 1. The van der Waals surface area contributed by atoms with Crippen LogP contribution in [0.25, 0.3) is 11.2 Å². The molecule has 182 valence electrons. The Hall–Kier alpha value is -3.08. The van der Waals surface area contributed by atoms with E-state index >= 15 is 0 Å². The fourth-order valence-corrected chi connectivity index (χ4v) is 3.12. The van der Waals surface area contributed by atoms with Crippen LogP contribution in [-0.2, 0) is 37.1 Å². The van der Waals surface area contributed by atoms with Gasteiger partial charge in [-0.3, -0.25) is 14.9 Å². The van der Waals surface area contributed by atoms with Crippen molar-refractivity contribution in [1.29, 1.82) is 0 Å². The molecule has 0 radical (unpaired) electrons. The Bertz CT molecular complexity index is 1130. The molecule has 0 aliphatic rings. The van der Waals surface area contributed by atoms with Crippen molar-refractivity contribution < 1.29 is 23.8 Å². The number of amides is 1. The maximum Gasteiger partial charge on any atom is 0.311 e. The molecule has 34 heavy (non-hydrogen) atoms. The van der Waals surface area contributed by atoms with Gasteiger partial charge >= 0.3 is 5.97 Å². The fraction of sp³-hybridized carbons (Fsp3) is 0.435. The number of anilines is 1. The van der Waals surface area contributed by atoms with Gasteiger partial charge in [-0.1, -0.05) is 41.9 Å². The van der Waals surface area contributed by atoms with Crippen LogP contribution >= 0.6 is 11.6 Å². The van der Waals surface area contributed by atoms with Crippen molar-refractivity contribution in [2.24, 2.45) is 5.41 Å². The molecule has 1 unspecified atom stereocenters. The molecule has 0 spiro atoms. The molecule has 1 N–H and O–H groups in total. The van der Waals surface area contributed by atoms with E-state index in [4.69, 9.17) is 25.8 Å². The number of imidazole rings is 1. The molecule has 3 aromatic rings. The molecular formula is C23H28ClN5O5. The van der Waals surface area contributed by atoms with Crippen LogP contribution < -0.4 is 5.32 Å². The predicted octanol–water partition coefficient (Wildman–Crippen LogP) is 3.59. The number of ether oxygens (including phenoxy) is 3. The van der Waals surface area contributed by atoms with E-state index in [1.54, 1.807) is 25.3 Å². The third-order valence-electron chi connectivity index (χ3n) is 4.59. The van der Waals surface area contributed by atoms with Crippen molar-refractivity contribution in [2.75, 3.05) is 18.5 Å². The van der Waals surface area contributed by atoms with E-state index in [1.165, 1.54) is 13.3 Å². The van der Waals surface area contributed by atoms with E-state index in [-0.39, 0.29) is 42.9 Å². The largest absolute Gasteiger partial charge is 0.462 e. The molecule has 2 heterocycles. The average molecular weight is 490 g/mol. The third-order valence-corrected chi connectivity index (χ3v) is 4.86. The molecule has 0 saturated heterocycles. The van der Waals surface area contributed by atoms with E-state index in [0.29, 0.717) is 17.8 Å². The van der Waals surface area contributed by atoms with Gasteiger partial charge in [0, 0.05) is 6.92 Å². The van der Waals surface area contributed by atoms with Crippen LogP contribution in [0.3, 0.4) is 0 Å². The van der Waals surface area contributed by atoms with Gasteiger partial charge in [-0.15, -0.1) is 0 Å². The topological polar surface area (TPSA) is 117 Å². The number of nitrogens with zero attached hydrogens (tertiary/aromatic N) is 4. The summed E-state index contributed by atoms with van der Waals surface area (Å²) >= 11 is 6.30. The number of halogens is 1. The first-order valence-electron chi connectivity index (χ1n) is 10.7. The van der Waals surface area contributed by atoms with Crippen LogP contribution in [0.5, 0.6) is 0 Å². The smallest absolute Gasteiger partial charge is 0.311 e. The summed E-state index contributed by atoms with van der Waals surface area (Å²) in [6, 6.07) is 9.73. The first-order chi connectivity index (χ1) is 16.1. The molecule has 1 amide bonds. The fourth-order valence-electron chi connectivity index (χ4n) is 2.84. The minimum absolute atomic E-state index is 0.0223. The minimum atomic E-state index is -0.632. The maximum atomic E-state index is 12.2. The van der Waals surface area contributed by atoms with Gasteiger partial charge in [0.2, 0.25) is 11.9 Å². The molecule has 1 atom stereocenters. The molecule has 1 aromatic carbocycles. The zero-order valence-electron chi connectivity index (χ0n) is 19.6. The Morgan fingerprint density at radius 3 is 2.56 bits per heavy atom. The summed E-state index contributed by atoms with van der Waals surface area (Å²) in [6.07, 6.45) is 0.969. The Morgan fingerprint density at radius 1 is 1.15 bits per heavy atom. The van der Waals surface area contributed by atoms with Gasteiger partial charge in [0.25, 0.3) is 0 Å². The SMILES string of the molecule is CC(=O)Nc1nc(Cl)c2c(ncn2COC(COCc2ccccc2)COC(=O)C(C)(C)C)n1. The van der Waals surface area contributed by atoms with Crippen molar-refractivity contribution in [2.45, 2.75) is 47.1 Å². The van der Waals surface area contributed by atoms with Crippen molar-refractivity contribution in [1.82, 2.24) is 19.5 Å². The normalized spacial score (nSPS) is 12.5. The van der Waals surface area contributed by atoms with Crippen molar-refractivity contribution >= 4 is 40.6 Å². The number of hydrogen-bond acceptors (Lipinski definition) is 8. The zero-order valence-corrected chi connectivity index (χ0v) is 20.3. The third kappa shape index (κ3) is 7.21. The first kappa shape index (κ1) is 25.5. The van der Waals surface area contributed by atoms with E-state index in [1.807, 2.05) is 30.3 Å². The molecule has 2 aromatic heterocycles. The first-order valence-corrected chi connectivity index (χ1v) is 11.1. The lowest BCUT2D eigenvalue weighted by Crippen LogP contribution is -2.31. The highest BCUT2D eigenvalue weighted by atomic mass is 35.5. The van der Waals surface area contributed by atoms with Gasteiger partial charge in [0.15, 0.2) is 10.8 Å². The second kappa shape index (κ2) is 11.4. The zero-order chi connectivity index (χ0) is 24.7. The summed E-state index contributed by atoms with van der Waals surface area (Å²) in [6.45, 7) is 7.37. The molecular weight excluding hydrogens is 462 g/mol. The number of aromatic nitrogens is 4. The lowest BCUT2D eigenvalue weighted by Gasteiger charge is -2.22. The van der Waals surface area contributed by atoms with Crippen molar-refractivity contribution in [3.8, 4) is 0 Å². The molecule has 0 saturated carbocycles. The van der Waals surface area contributed by atoms with Crippen LogP contribution in [0.4, 0.5) is 5.95 Å². The van der Waals surface area contributed by atoms with Gasteiger partial charge in [0.05, 0.1) is 25.0 Å². The van der Waals surface area contributed by atoms with Crippen LogP contribution in [-0.4, -0.2) is 50.7 Å². The predicted molar refractivity (Wildman–Crippen MR) is 126 cm³/mol. The number of benzene rings is 1. The summed E-state index contributed by atoms with van der Waals surface area (Å²) in [5.74, 6) is -0.585. The van der Waals surface area contributed by atoms with E-state index < -0.39 is 11.5 Å². The van der Waals surface area contributed by atoms with Crippen molar-refractivity contribution in [3.05, 3.63) is 47.4 Å². The lowest BCUT2D eigenvalue weighted by molar-refractivity contribution is -0.160. The monoisotopic (exact) mass is 489 g/mol. The molecule has 3 rings (SSSR count). The minimum Gasteiger partial charge on any atom is -0.462 e. The molecule has 0 aliphatic heterocycles. The lowest BCUT2D eigenvalue weighted by atomic mass is 9.97. The van der Waals surface area contributed by atoms with E-state index in [2.05, 4.69) is 20.3 Å². The van der Waals surface area contributed by atoms with Crippen LogP contribution in [0, 0.1) is 5.41 Å². The molecule has 0 bridgehead atoms. The van der Waals surface area contributed by atoms with Gasteiger partial charge in [-0.05, 0) is 26.3 Å². The van der Waals surface area contributed by atoms with E-state index in [0.717, 1.165) is 5.56 Å². The Balaban J connectivity index is 1.67. The average Bonchev–Trinajstić information content (AvgIpc) is 3.18. The van der Waals surface area contributed by atoms with E-state index in [9.17, 15) is 9.59 Å². The second-order valence-electron chi connectivity index (χ2n) is 8.67. The molecule has 0 fully saturated rings. The Labute approximate surface area is 202 Å². The Morgan fingerprint density at radius 2 is 1.88 bits per heavy atom. The number of carbonyl (C=O) groups is 2. The number of nitrogens with one attached hydrogen (secondary N) is 1. The van der Waals surface area contributed by atoms with Gasteiger partial charge in [0.1, 0.15) is 25.0 Å². The summed E-state index contributed by atoms with van der Waals surface area (Å²) in [5.41, 5.74) is 1.15. The number of carbonyl (C=O) groups excluding carboxylic acids is 2. The van der Waals surface area contributed by atoms with Crippen LogP contribution in [0.1, 0.15) is 33.3 Å². The highest BCUT2D eigenvalue weighted by molar-refractivity contribution is 6.33.